The molecule has 0 spiro atoms. The average molecular weight is 328 g/mol. The van der Waals surface area contributed by atoms with Crippen molar-refractivity contribution in [1.29, 1.82) is 0 Å². The summed E-state index contributed by atoms with van der Waals surface area (Å²) in [5, 5.41) is 6.04. The lowest BCUT2D eigenvalue weighted by atomic mass is 9.87. The molecule has 3 rings (SSSR count). The van der Waals surface area contributed by atoms with Crippen LogP contribution in [0.3, 0.4) is 0 Å². The van der Waals surface area contributed by atoms with Crippen molar-refractivity contribution >= 4 is 17.5 Å². The zero-order valence-electron chi connectivity index (χ0n) is 14.9. The molecule has 0 aromatic heterocycles. The van der Waals surface area contributed by atoms with Crippen LogP contribution in [0.15, 0.2) is 24.3 Å². The Morgan fingerprint density at radius 1 is 0.958 bits per heavy atom. The first-order valence-electron chi connectivity index (χ1n) is 9.06. The van der Waals surface area contributed by atoms with Crippen LogP contribution in [0.5, 0.6) is 0 Å². The summed E-state index contributed by atoms with van der Waals surface area (Å²) < 4.78 is 0. The zero-order chi connectivity index (χ0) is 17.3. The second-order valence-corrected chi connectivity index (χ2v) is 8.26. The number of hydrogen-bond donors (Lipinski definition) is 2. The van der Waals surface area contributed by atoms with Crippen molar-refractivity contribution in [3.63, 3.8) is 0 Å². The predicted molar refractivity (Wildman–Crippen MR) is 95.8 cm³/mol. The van der Waals surface area contributed by atoms with Gasteiger partial charge in [0.15, 0.2) is 0 Å². The molecule has 2 saturated carbocycles. The van der Waals surface area contributed by atoms with E-state index in [4.69, 9.17) is 0 Å². The molecule has 2 aliphatic rings. The summed E-state index contributed by atoms with van der Waals surface area (Å²) in [5.74, 6) is -0.289. The number of benzene rings is 1. The molecule has 0 radical (unpaired) electrons. The number of hydrogen-bond acceptors (Lipinski definition) is 2. The summed E-state index contributed by atoms with van der Waals surface area (Å²) in [7, 11) is 0. The first-order chi connectivity index (χ1) is 11.3. The Morgan fingerprint density at radius 2 is 1.54 bits per heavy atom. The van der Waals surface area contributed by atoms with E-state index in [1.165, 1.54) is 18.4 Å². The Morgan fingerprint density at radius 3 is 2.12 bits per heavy atom. The number of carbonyl (C=O) groups excluding carboxylic acids is 2. The van der Waals surface area contributed by atoms with Crippen LogP contribution in [0.2, 0.25) is 0 Å². The highest BCUT2D eigenvalue weighted by atomic mass is 16.2. The summed E-state index contributed by atoms with van der Waals surface area (Å²) in [4.78, 5) is 24.5. The molecule has 0 saturated heterocycles. The van der Waals surface area contributed by atoms with Crippen molar-refractivity contribution in [3.05, 3.63) is 29.8 Å². The van der Waals surface area contributed by atoms with Gasteiger partial charge in [0.1, 0.15) is 0 Å². The van der Waals surface area contributed by atoms with Gasteiger partial charge in [0.25, 0.3) is 0 Å². The molecule has 0 aliphatic heterocycles. The molecule has 2 amide bonds. The molecular weight excluding hydrogens is 300 g/mol. The monoisotopic (exact) mass is 328 g/mol. The molecule has 2 N–H and O–H groups in total. The van der Waals surface area contributed by atoms with E-state index in [9.17, 15) is 9.59 Å². The van der Waals surface area contributed by atoms with Gasteiger partial charge in [0, 0.05) is 11.7 Å². The maximum atomic E-state index is 12.3. The fraction of sp³-hybridized carbons (Fsp3) is 0.600. The molecule has 24 heavy (non-hydrogen) atoms. The third kappa shape index (κ3) is 3.97. The highest BCUT2D eigenvalue weighted by Crippen LogP contribution is 2.40. The third-order valence-electron chi connectivity index (χ3n) is 5.18. The molecule has 2 unspecified atom stereocenters. The average Bonchev–Trinajstić information content (AvgIpc) is 3.18. The van der Waals surface area contributed by atoms with Crippen molar-refractivity contribution < 1.29 is 9.59 Å². The number of rotatable bonds is 4. The molecule has 0 bridgehead atoms. The Balaban J connectivity index is 1.50. The van der Waals surface area contributed by atoms with Gasteiger partial charge in [-0.05, 0) is 42.4 Å². The van der Waals surface area contributed by atoms with Crippen LogP contribution in [0.25, 0.3) is 0 Å². The van der Waals surface area contributed by atoms with E-state index in [1.54, 1.807) is 0 Å². The van der Waals surface area contributed by atoms with Crippen molar-refractivity contribution in [1.82, 2.24) is 5.32 Å². The van der Waals surface area contributed by atoms with Crippen LogP contribution in [-0.4, -0.2) is 17.9 Å². The Labute approximate surface area is 144 Å². The van der Waals surface area contributed by atoms with Crippen molar-refractivity contribution in [2.45, 2.75) is 64.3 Å². The lowest BCUT2D eigenvalue weighted by Crippen LogP contribution is -2.34. The smallest absolute Gasteiger partial charge is 0.228 e. The topological polar surface area (TPSA) is 58.2 Å². The second-order valence-electron chi connectivity index (χ2n) is 8.26. The molecule has 2 aliphatic carbocycles. The molecule has 0 heterocycles. The van der Waals surface area contributed by atoms with E-state index in [0.717, 1.165) is 18.5 Å². The fourth-order valence-electron chi connectivity index (χ4n) is 3.44. The molecule has 4 heteroatoms. The lowest BCUT2D eigenvalue weighted by molar-refractivity contribution is -0.125. The number of carbonyl (C=O) groups is 2. The minimum atomic E-state index is -0.173. The molecule has 130 valence electrons. The molecule has 2 atom stereocenters. The first-order valence-corrected chi connectivity index (χ1v) is 9.06. The minimum Gasteiger partial charge on any atom is -0.353 e. The maximum Gasteiger partial charge on any atom is 0.228 e. The van der Waals surface area contributed by atoms with Crippen LogP contribution >= 0.6 is 0 Å². The van der Waals surface area contributed by atoms with Gasteiger partial charge in [-0.2, -0.15) is 0 Å². The minimum absolute atomic E-state index is 0.0370. The van der Waals surface area contributed by atoms with Crippen LogP contribution < -0.4 is 10.6 Å². The van der Waals surface area contributed by atoms with Gasteiger partial charge in [0.05, 0.1) is 11.8 Å². The highest BCUT2D eigenvalue weighted by molar-refractivity contribution is 5.99. The van der Waals surface area contributed by atoms with Crippen LogP contribution in [0.4, 0.5) is 5.69 Å². The van der Waals surface area contributed by atoms with E-state index in [2.05, 4.69) is 31.4 Å². The van der Waals surface area contributed by atoms with Crippen molar-refractivity contribution in [3.8, 4) is 0 Å². The van der Waals surface area contributed by atoms with Gasteiger partial charge in [0.2, 0.25) is 11.8 Å². The quantitative estimate of drug-likeness (QED) is 0.887. The molecule has 4 nitrogen and oxygen atoms in total. The molecular formula is C20H28N2O2. The number of anilines is 1. The summed E-state index contributed by atoms with van der Waals surface area (Å²) in [5.41, 5.74) is 2.14. The van der Waals surface area contributed by atoms with E-state index < -0.39 is 0 Å². The molecule has 1 aromatic rings. The van der Waals surface area contributed by atoms with Crippen LogP contribution in [0, 0.1) is 11.8 Å². The Bertz CT molecular complexity index is 610. The Kier molecular flexibility index (Phi) is 4.66. The highest BCUT2D eigenvalue weighted by Gasteiger charge is 2.48. The summed E-state index contributed by atoms with van der Waals surface area (Å²) in [6.45, 7) is 6.50. The normalized spacial score (nSPS) is 23.8. The van der Waals surface area contributed by atoms with E-state index in [0.29, 0.717) is 12.5 Å². The standard InChI is InChI=1S/C20H28N2O2/c1-20(2,3)13-8-10-15(11-9-13)22-19(24)17-12-16(17)18(23)21-14-6-4-5-7-14/h8-11,14,16-17H,4-7,12H2,1-3H3,(H,21,23)(H,22,24). The summed E-state index contributed by atoms with van der Waals surface area (Å²) in [6, 6.07) is 8.30. The SMILES string of the molecule is CC(C)(C)c1ccc(NC(=O)C2CC2C(=O)NC2CCCC2)cc1. The van der Waals surface area contributed by atoms with E-state index >= 15 is 0 Å². The van der Waals surface area contributed by atoms with Gasteiger partial charge in [-0.1, -0.05) is 45.7 Å². The maximum absolute atomic E-state index is 12.3. The fourth-order valence-corrected chi connectivity index (χ4v) is 3.44. The van der Waals surface area contributed by atoms with Gasteiger partial charge in [-0.25, -0.2) is 0 Å². The molecule has 2 fully saturated rings. The first kappa shape index (κ1) is 17.0. The van der Waals surface area contributed by atoms with Gasteiger partial charge < -0.3 is 10.6 Å². The van der Waals surface area contributed by atoms with Gasteiger partial charge in [-0.3, -0.25) is 9.59 Å². The zero-order valence-corrected chi connectivity index (χ0v) is 14.9. The predicted octanol–water partition coefficient (Wildman–Crippen LogP) is 3.62. The Hall–Kier alpha value is -1.84. The van der Waals surface area contributed by atoms with Gasteiger partial charge >= 0.3 is 0 Å². The number of nitrogens with one attached hydrogen (secondary N) is 2. The lowest BCUT2D eigenvalue weighted by Gasteiger charge is -2.19. The van der Waals surface area contributed by atoms with Gasteiger partial charge in [-0.15, -0.1) is 0 Å². The van der Waals surface area contributed by atoms with Crippen LogP contribution in [0.1, 0.15) is 58.4 Å². The van der Waals surface area contributed by atoms with E-state index in [-0.39, 0.29) is 29.1 Å². The van der Waals surface area contributed by atoms with Crippen LogP contribution in [-0.2, 0) is 15.0 Å². The summed E-state index contributed by atoms with van der Waals surface area (Å²) >= 11 is 0. The summed E-state index contributed by atoms with van der Waals surface area (Å²) in [6.07, 6.45) is 5.23. The van der Waals surface area contributed by atoms with E-state index in [1.807, 2.05) is 24.3 Å². The molecule has 1 aromatic carbocycles. The largest absolute Gasteiger partial charge is 0.353 e. The van der Waals surface area contributed by atoms with Crippen molar-refractivity contribution in [2.75, 3.05) is 5.32 Å². The van der Waals surface area contributed by atoms with Crippen molar-refractivity contribution in [2.24, 2.45) is 11.8 Å². The number of amides is 2. The second kappa shape index (κ2) is 6.58. The third-order valence-corrected chi connectivity index (χ3v) is 5.18.